The minimum atomic E-state index is 0.676. The molecule has 4 nitrogen and oxygen atoms in total. The topological polar surface area (TPSA) is 27.7 Å². The summed E-state index contributed by atoms with van der Waals surface area (Å²) in [6, 6.07) is 0.676. The Morgan fingerprint density at radius 3 is 2.84 bits per heavy atom. The fourth-order valence-electron chi connectivity index (χ4n) is 2.59. The van der Waals surface area contributed by atoms with E-state index >= 15 is 0 Å². The maximum Gasteiger partial charge on any atom is 0.0590 e. The normalized spacial score (nSPS) is 22.6. The second-order valence-electron chi connectivity index (χ2n) is 5.72. The molecule has 1 aliphatic rings. The lowest BCUT2D eigenvalue weighted by atomic mass is 10.2. The van der Waals surface area contributed by atoms with E-state index in [0.29, 0.717) is 6.04 Å². The van der Waals surface area contributed by atoms with Crippen LogP contribution < -0.4 is 5.32 Å². The summed E-state index contributed by atoms with van der Waals surface area (Å²) >= 11 is 0. The molecule has 1 saturated heterocycles. The SMILES string of the molecule is CCCCOCCNCCN1CCCN(C)CC1C. The van der Waals surface area contributed by atoms with Gasteiger partial charge in [0.15, 0.2) is 0 Å². The molecule has 114 valence electrons. The predicted molar refractivity (Wildman–Crippen MR) is 81.7 cm³/mol. The van der Waals surface area contributed by atoms with Crippen LogP contribution in [0, 0.1) is 0 Å². The Labute approximate surface area is 119 Å². The van der Waals surface area contributed by atoms with E-state index in [1.807, 2.05) is 0 Å². The molecule has 0 spiro atoms. The number of hydrogen-bond donors (Lipinski definition) is 1. The first-order valence-electron chi connectivity index (χ1n) is 7.95. The molecule has 1 heterocycles. The third kappa shape index (κ3) is 7.88. The number of rotatable bonds is 9. The van der Waals surface area contributed by atoms with Gasteiger partial charge in [-0.25, -0.2) is 0 Å². The van der Waals surface area contributed by atoms with Crippen molar-refractivity contribution in [2.24, 2.45) is 0 Å². The van der Waals surface area contributed by atoms with Crippen molar-refractivity contribution in [1.82, 2.24) is 15.1 Å². The van der Waals surface area contributed by atoms with Crippen molar-refractivity contribution in [2.45, 2.75) is 39.2 Å². The molecule has 0 aromatic rings. The molecule has 1 fully saturated rings. The van der Waals surface area contributed by atoms with Gasteiger partial charge in [-0.1, -0.05) is 13.3 Å². The Bertz CT molecular complexity index is 214. The first-order valence-corrected chi connectivity index (χ1v) is 7.95. The lowest BCUT2D eigenvalue weighted by Gasteiger charge is -2.27. The molecular formula is C15H33N3O. The Hall–Kier alpha value is -0.160. The molecule has 1 rings (SSSR count). The molecule has 0 aliphatic carbocycles. The Morgan fingerprint density at radius 1 is 1.21 bits per heavy atom. The zero-order valence-corrected chi connectivity index (χ0v) is 13.2. The van der Waals surface area contributed by atoms with Gasteiger partial charge in [0, 0.05) is 38.8 Å². The average molecular weight is 271 g/mol. The van der Waals surface area contributed by atoms with Crippen LogP contribution in [0.2, 0.25) is 0 Å². The molecule has 1 atom stereocenters. The highest BCUT2D eigenvalue weighted by molar-refractivity contribution is 4.75. The Morgan fingerprint density at radius 2 is 2.05 bits per heavy atom. The van der Waals surface area contributed by atoms with E-state index in [1.54, 1.807) is 0 Å². The fraction of sp³-hybridized carbons (Fsp3) is 1.00. The number of likely N-dealkylation sites (N-methyl/N-ethyl adjacent to an activating group) is 1. The van der Waals surface area contributed by atoms with Crippen molar-refractivity contribution in [3.8, 4) is 0 Å². The molecular weight excluding hydrogens is 238 g/mol. The maximum atomic E-state index is 5.54. The summed E-state index contributed by atoms with van der Waals surface area (Å²) in [5.41, 5.74) is 0. The lowest BCUT2D eigenvalue weighted by Crippen LogP contribution is -2.41. The van der Waals surface area contributed by atoms with E-state index in [4.69, 9.17) is 4.74 Å². The first-order chi connectivity index (χ1) is 9.24. The molecule has 0 saturated carbocycles. The molecule has 1 aliphatic heterocycles. The van der Waals surface area contributed by atoms with E-state index in [-0.39, 0.29) is 0 Å². The number of nitrogens with zero attached hydrogens (tertiary/aromatic N) is 2. The van der Waals surface area contributed by atoms with Crippen LogP contribution >= 0.6 is 0 Å². The minimum absolute atomic E-state index is 0.676. The van der Waals surface area contributed by atoms with Crippen LogP contribution in [0.25, 0.3) is 0 Å². The van der Waals surface area contributed by atoms with Crippen LogP contribution in [0.5, 0.6) is 0 Å². The van der Waals surface area contributed by atoms with Crippen molar-refractivity contribution in [3.05, 3.63) is 0 Å². The molecule has 4 heteroatoms. The first kappa shape index (κ1) is 16.9. The number of hydrogen-bond acceptors (Lipinski definition) is 4. The fourth-order valence-corrected chi connectivity index (χ4v) is 2.59. The third-order valence-corrected chi connectivity index (χ3v) is 3.83. The van der Waals surface area contributed by atoms with Gasteiger partial charge in [0.05, 0.1) is 6.61 Å². The van der Waals surface area contributed by atoms with Gasteiger partial charge in [-0.2, -0.15) is 0 Å². The average Bonchev–Trinajstić information content (AvgIpc) is 2.54. The van der Waals surface area contributed by atoms with E-state index in [2.05, 4.69) is 36.0 Å². The Balaban J connectivity index is 1.99. The quantitative estimate of drug-likeness (QED) is 0.642. The summed E-state index contributed by atoms with van der Waals surface area (Å²) < 4.78 is 5.54. The minimum Gasteiger partial charge on any atom is -0.380 e. The van der Waals surface area contributed by atoms with Gasteiger partial charge in [0.1, 0.15) is 0 Å². The Kier molecular flexibility index (Phi) is 9.43. The number of ether oxygens (including phenoxy) is 1. The summed E-state index contributed by atoms with van der Waals surface area (Å²) in [5.74, 6) is 0. The van der Waals surface area contributed by atoms with Gasteiger partial charge in [0.2, 0.25) is 0 Å². The van der Waals surface area contributed by atoms with Crippen molar-refractivity contribution < 1.29 is 4.74 Å². The van der Waals surface area contributed by atoms with E-state index < -0.39 is 0 Å². The highest BCUT2D eigenvalue weighted by atomic mass is 16.5. The molecule has 0 aromatic carbocycles. The summed E-state index contributed by atoms with van der Waals surface area (Å²) in [6.45, 7) is 13.2. The zero-order chi connectivity index (χ0) is 13.9. The van der Waals surface area contributed by atoms with E-state index in [9.17, 15) is 0 Å². The van der Waals surface area contributed by atoms with Crippen molar-refractivity contribution in [1.29, 1.82) is 0 Å². The predicted octanol–water partition coefficient (Wildman–Crippen LogP) is 1.42. The zero-order valence-electron chi connectivity index (χ0n) is 13.2. The van der Waals surface area contributed by atoms with Gasteiger partial charge >= 0.3 is 0 Å². The summed E-state index contributed by atoms with van der Waals surface area (Å²) in [6.07, 6.45) is 3.69. The molecule has 19 heavy (non-hydrogen) atoms. The smallest absolute Gasteiger partial charge is 0.0590 e. The van der Waals surface area contributed by atoms with E-state index in [1.165, 1.54) is 38.9 Å². The van der Waals surface area contributed by atoms with Crippen LogP contribution in [0.15, 0.2) is 0 Å². The largest absolute Gasteiger partial charge is 0.380 e. The van der Waals surface area contributed by atoms with Crippen molar-refractivity contribution >= 4 is 0 Å². The second-order valence-corrected chi connectivity index (χ2v) is 5.72. The van der Waals surface area contributed by atoms with Gasteiger partial charge < -0.3 is 15.0 Å². The van der Waals surface area contributed by atoms with Crippen LogP contribution in [0.3, 0.4) is 0 Å². The van der Waals surface area contributed by atoms with Gasteiger partial charge in [-0.3, -0.25) is 4.90 Å². The van der Waals surface area contributed by atoms with E-state index in [0.717, 1.165) is 32.8 Å². The van der Waals surface area contributed by atoms with Gasteiger partial charge in [0.25, 0.3) is 0 Å². The molecule has 0 amide bonds. The van der Waals surface area contributed by atoms with Crippen LogP contribution in [-0.2, 0) is 4.74 Å². The standard InChI is InChI=1S/C15H33N3O/c1-4-5-12-19-13-8-16-7-11-18-10-6-9-17(3)14-15(18)2/h15-16H,4-14H2,1-3H3. The van der Waals surface area contributed by atoms with Crippen molar-refractivity contribution in [3.63, 3.8) is 0 Å². The monoisotopic (exact) mass is 271 g/mol. The highest BCUT2D eigenvalue weighted by Crippen LogP contribution is 2.07. The van der Waals surface area contributed by atoms with Crippen LogP contribution in [0.4, 0.5) is 0 Å². The number of unbranched alkanes of at least 4 members (excludes halogenated alkanes) is 1. The van der Waals surface area contributed by atoms with Crippen molar-refractivity contribution in [2.75, 3.05) is 59.5 Å². The second kappa shape index (κ2) is 10.6. The summed E-state index contributed by atoms with van der Waals surface area (Å²) in [7, 11) is 2.23. The molecule has 0 radical (unpaired) electrons. The molecule has 1 unspecified atom stereocenters. The van der Waals surface area contributed by atoms with Gasteiger partial charge in [-0.05, 0) is 39.9 Å². The third-order valence-electron chi connectivity index (χ3n) is 3.83. The van der Waals surface area contributed by atoms with Crippen LogP contribution in [0.1, 0.15) is 33.1 Å². The molecule has 1 N–H and O–H groups in total. The summed E-state index contributed by atoms with van der Waals surface area (Å²) in [4.78, 5) is 5.05. The highest BCUT2D eigenvalue weighted by Gasteiger charge is 2.18. The number of nitrogens with one attached hydrogen (secondary N) is 1. The van der Waals surface area contributed by atoms with Gasteiger partial charge in [-0.15, -0.1) is 0 Å². The molecule has 0 bridgehead atoms. The summed E-state index contributed by atoms with van der Waals surface area (Å²) in [5, 5.41) is 3.48. The maximum absolute atomic E-state index is 5.54. The lowest BCUT2D eigenvalue weighted by molar-refractivity contribution is 0.131. The molecule has 0 aromatic heterocycles. The van der Waals surface area contributed by atoms with Crippen LogP contribution in [-0.4, -0.2) is 75.4 Å².